The van der Waals surface area contributed by atoms with Gasteiger partial charge in [0, 0.05) is 40.0 Å². The van der Waals surface area contributed by atoms with E-state index >= 15 is 0 Å². The van der Waals surface area contributed by atoms with Crippen molar-refractivity contribution in [3.05, 3.63) is 34.7 Å². The van der Waals surface area contributed by atoms with Gasteiger partial charge in [0.25, 0.3) is 11.1 Å². The van der Waals surface area contributed by atoms with E-state index < -0.39 is 11.1 Å². The van der Waals surface area contributed by atoms with E-state index in [1.54, 1.807) is 13.2 Å². The van der Waals surface area contributed by atoms with Crippen molar-refractivity contribution in [1.29, 1.82) is 0 Å². The summed E-state index contributed by atoms with van der Waals surface area (Å²) in [5.41, 5.74) is 1.87. The third-order valence-electron chi connectivity index (χ3n) is 3.73. The van der Waals surface area contributed by atoms with E-state index in [0.717, 1.165) is 27.9 Å². The highest BCUT2D eigenvalue weighted by Crippen LogP contribution is 2.32. The number of thioether (sulfide) groups is 1. The first-order chi connectivity index (χ1) is 12.4. The Morgan fingerprint density at radius 3 is 2.58 bits per heavy atom. The minimum atomic E-state index is -0.441. The zero-order valence-electron chi connectivity index (χ0n) is 15.2. The van der Waals surface area contributed by atoms with Crippen molar-refractivity contribution in [2.75, 3.05) is 45.8 Å². The van der Waals surface area contributed by atoms with Crippen molar-refractivity contribution in [3.63, 3.8) is 0 Å². The third kappa shape index (κ3) is 5.34. The lowest BCUT2D eigenvalue weighted by molar-refractivity contribution is -0.129. The van der Waals surface area contributed by atoms with Crippen molar-refractivity contribution < 1.29 is 19.1 Å². The van der Waals surface area contributed by atoms with Crippen LogP contribution in [-0.2, 0) is 14.3 Å². The molecule has 0 aliphatic carbocycles. The number of carbonyl (C=O) groups is 3. The summed E-state index contributed by atoms with van der Waals surface area (Å²) in [4.78, 5) is 39.6. The van der Waals surface area contributed by atoms with Gasteiger partial charge in [-0.2, -0.15) is 0 Å². The van der Waals surface area contributed by atoms with Gasteiger partial charge in [0.05, 0.1) is 4.91 Å². The number of nitrogens with zero attached hydrogens (tertiary/aromatic N) is 2. The van der Waals surface area contributed by atoms with Gasteiger partial charge >= 0.3 is 0 Å². The summed E-state index contributed by atoms with van der Waals surface area (Å²) in [5.74, 6) is -0.802. The maximum atomic E-state index is 12.4. The smallest absolute Gasteiger partial charge is 0.294 e. The van der Waals surface area contributed by atoms with E-state index in [2.05, 4.69) is 5.32 Å². The molecule has 1 fully saturated rings. The zero-order valence-corrected chi connectivity index (χ0v) is 16.0. The Hall–Kier alpha value is -2.32. The third-order valence-corrected chi connectivity index (χ3v) is 4.64. The van der Waals surface area contributed by atoms with Gasteiger partial charge in [-0.25, -0.2) is 0 Å². The van der Waals surface area contributed by atoms with Crippen molar-refractivity contribution in [2.24, 2.45) is 0 Å². The monoisotopic (exact) mass is 377 g/mol. The van der Waals surface area contributed by atoms with E-state index in [1.165, 1.54) is 0 Å². The summed E-state index contributed by atoms with van der Waals surface area (Å²) in [6.45, 7) is 0.711. The first kappa shape index (κ1) is 20.0. The van der Waals surface area contributed by atoms with Crippen molar-refractivity contribution in [3.8, 4) is 0 Å². The van der Waals surface area contributed by atoms with Crippen LogP contribution in [0.5, 0.6) is 0 Å². The summed E-state index contributed by atoms with van der Waals surface area (Å²) < 4.78 is 4.90. The SMILES string of the molecule is COCCCNC(=O)CN1C(=O)S/C(=C\c2ccc(N(C)C)cc2)C1=O. The number of anilines is 1. The van der Waals surface area contributed by atoms with Crippen LogP contribution in [0.25, 0.3) is 6.08 Å². The molecule has 140 valence electrons. The molecule has 0 atom stereocenters. The van der Waals surface area contributed by atoms with Gasteiger partial charge in [0.15, 0.2) is 0 Å². The summed E-state index contributed by atoms with van der Waals surface area (Å²) in [6, 6.07) is 7.63. The second kappa shape index (κ2) is 9.40. The average molecular weight is 377 g/mol. The van der Waals surface area contributed by atoms with Gasteiger partial charge in [0.2, 0.25) is 5.91 Å². The Bertz CT molecular complexity index is 701. The zero-order chi connectivity index (χ0) is 19.1. The highest BCUT2D eigenvalue weighted by molar-refractivity contribution is 8.18. The van der Waals surface area contributed by atoms with Crippen LogP contribution in [0.3, 0.4) is 0 Å². The number of amides is 3. The van der Waals surface area contributed by atoms with Crippen LogP contribution in [0.4, 0.5) is 10.5 Å². The molecular weight excluding hydrogens is 354 g/mol. The second-order valence-electron chi connectivity index (χ2n) is 5.95. The topological polar surface area (TPSA) is 79.0 Å². The highest BCUT2D eigenvalue weighted by Gasteiger charge is 2.36. The number of hydrogen-bond donors (Lipinski definition) is 1. The van der Waals surface area contributed by atoms with Crippen molar-refractivity contribution in [1.82, 2.24) is 10.2 Å². The first-order valence-electron chi connectivity index (χ1n) is 8.20. The van der Waals surface area contributed by atoms with Crippen LogP contribution in [0.2, 0.25) is 0 Å². The number of hydrogen-bond acceptors (Lipinski definition) is 6. The van der Waals surface area contributed by atoms with E-state index in [4.69, 9.17) is 4.74 Å². The van der Waals surface area contributed by atoms with Gasteiger partial charge in [-0.3, -0.25) is 19.3 Å². The molecule has 0 unspecified atom stereocenters. The van der Waals surface area contributed by atoms with E-state index in [9.17, 15) is 14.4 Å². The Morgan fingerprint density at radius 1 is 1.27 bits per heavy atom. The highest BCUT2D eigenvalue weighted by atomic mass is 32.2. The minimum Gasteiger partial charge on any atom is -0.385 e. The molecule has 3 amide bonds. The van der Waals surface area contributed by atoms with Crippen LogP contribution in [0, 0.1) is 0 Å². The lowest BCUT2D eigenvalue weighted by Crippen LogP contribution is -2.39. The molecule has 0 radical (unpaired) electrons. The molecule has 2 rings (SSSR count). The van der Waals surface area contributed by atoms with Gasteiger partial charge in [-0.1, -0.05) is 12.1 Å². The molecule has 1 saturated heterocycles. The Balaban J connectivity index is 1.98. The molecule has 0 saturated carbocycles. The molecule has 7 nitrogen and oxygen atoms in total. The fourth-order valence-electron chi connectivity index (χ4n) is 2.30. The predicted octanol–water partition coefficient (Wildman–Crippen LogP) is 1.94. The largest absolute Gasteiger partial charge is 0.385 e. The molecule has 1 aromatic carbocycles. The molecule has 0 aromatic heterocycles. The fraction of sp³-hybridized carbons (Fsp3) is 0.389. The van der Waals surface area contributed by atoms with E-state index in [1.807, 2.05) is 43.3 Å². The van der Waals surface area contributed by atoms with Gasteiger partial charge < -0.3 is 15.0 Å². The van der Waals surface area contributed by atoms with Gasteiger partial charge in [0.1, 0.15) is 6.54 Å². The van der Waals surface area contributed by atoms with Crippen LogP contribution >= 0.6 is 11.8 Å². The number of nitrogens with one attached hydrogen (secondary N) is 1. The molecule has 8 heteroatoms. The molecule has 1 N–H and O–H groups in total. The molecule has 0 spiro atoms. The predicted molar refractivity (Wildman–Crippen MR) is 103 cm³/mol. The molecule has 1 aliphatic rings. The molecular formula is C18H23N3O4S. The molecule has 1 heterocycles. The normalized spacial score (nSPS) is 15.7. The number of methoxy groups -OCH3 is 1. The standard InChI is InChI=1S/C18H23N3O4S/c1-20(2)14-7-5-13(6-8-14)11-15-17(23)21(18(24)26-15)12-16(22)19-9-4-10-25-3/h5-8,11H,4,9-10,12H2,1-3H3,(H,19,22)/b15-11-. The number of rotatable bonds is 8. The summed E-state index contributed by atoms with van der Waals surface area (Å²) in [5, 5.41) is 2.24. The average Bonchev–Trinajstić information content (AvgIpc) is 2.86. The lowest BCUT2D eigenvalue weighted by Gasteiger charge is -2.12. The Labute approximate surface area is 157 Å². The maximum Gasteiger partial charge on any atom is 0.294 e. The molecule has 1 aromatic rings. The Kier molecular flexibility index (Phi) is 7.23. The minimum absolute atomic E-state index is 0.269. The van der Waals surface area contributed by atoms with Crippen LogP contribution in [0.1, 0.15) is 12.0 Å². The lowest BCUT2D eigenvalue weighted by atomic mass is 10.2. The van der Waals surface area contributed by atoms with Gasteiger partial charge in [-0.05, 0) is 42.0 Å². The summed E-state index contributed by atoms with van der Waals surface area (Å²) in [7, 11) is 5.48. The van der Waals surface area contributed by atoms with Gasteiger partial charge in [-0.15, -0.1) is 0 Å². The Morgan fingerprint density at radius 2 is 1.96 bits per heavy atom. The fourth-order valence-corrected chi connectivity index (χ4v) is 3.14. The summed E-state index contributed by atoms with van der Waals surface area (Å²) >= 11 is 0.849. The van der Waals surface area contributed by atoms with Crippen LogP contribution in [0.15, 0.2) is 29.2 Å². The molecule has 1 aliphatic heterocycles. The van der Waals surface area contributed by atoms with Crippen molar-refractivity contribution in [2.45, 2.75) is 6.42 Å². The van der Waals surface area contributed by atoms with E-state index in [-0.39, 0.29) is 12.5 Å². The first-order valence-corrected chi connectivity index (χ1v) is 9.02. The van der Waals surface area contributed by atoms with E-state index in [0.29, 0.717) is 24.5 Å². The number of imide groups is 1. The molecule has 0 bridgehead atoms. The maximum absolute atomic E-state index is 12.4. The number of carbonyl (C=O) groups excluding carboxylic acids is 3. The second-order valence-corrected chi connectivity index (χ2v) is 6.94. The van der Waals surface area contributed by atoms with Crippen molar-refractivity contribution >= 4 is 40.6 Å². The van der Waals surface area contributed by atoms with Crippen LogP contribution < -0.4 is 10.2 Å². The number of benzene rings is 1. The quantitative estimate of drug-likeness (QED) is 0.551. The number of ether oxygens (including phenoxy) is 1. The summed E-state index contributed by atoms with van der Waals surface area (Å²) in [6.07, 6.45) is 2.34. The molecule has 26 heavy (non-hydrogen) atoms. The van der Waals surface area contributed by atoms with Crippen LogP contribution in [-0.4, -0.2) is 62.9 Å².